The third kappa shape index (κ3) is 2.13. The fourth-order valence-electron chi connectivity index (χ4n) is 1.65. The summed E-state index contributed by atoms with van der Waals surface area (Å²) in [5.74, 6) is -0.00679. The van der Waals surface area contributed by atoms with E-state index in [0.717, 1.165) is 0 Å². The molecule has 1 aliphatic rings. The first kappa shape index (κ1) is 12.4. The highest BCUT2D eigenvalue weighted by atomic mass is 16.3. The molecule has 0 saturated heterocycles. The quantitative estimate of drug-likeness (QED) is 0.575. The van der Waals surface area contributed by atoms with E-state index in [-0.39, 0.29) is 17.3 Å². The van der Waals surface area contributed by atoms with Crippen LogP contribution in [0.15, 0.2) is 34.1 Å². The zero-order valence-corrected chi connectivity index (χ0v) is 10.0. The van der Waals surface area contributed by atoms with Crippen molar-refractivity contribution in [2.24, 2.45) is 0 Å². The first-order valence-corrected chi connectivity index (χ1v) is 5.18. The van der Waals surface area contributed by atoms with Crippen LogP contribution in [-0.4, -0.2) is 16.7 Å². The molecule has 3 heteroatoms. The number of allylic oxidation sites excluding steroid dienone is 6. The molecule has 0 amide bonds. The van der Waals surface area contributed by atoms with E-state index in [9.17, 15) is 9.59 Å². The number of ketones is 2. The molecule has 3 nitrogen and oxygen atoms in total. The van der Waals surface area contributed by atoms with Crippen molar-refractivity contribution in [2.45, 2.75) is 34.1 Å². The van der Waals surface area contributed by atoms with Crippen LogP contribution in [0.3, 0.4) is 0 Å². The molecule has 0 aromatic heterocycles. The van der Waals surface area contributed by atoms with E-state index >= 15 is 0 Å². The average molecular weight is 220 g/mol. The lowest BCUT2D eigenvalue weighted by atomic mass is 9.84. The first-order chi connectivity index (χ1) is 7.36. The number of Topliss-reactive ketones (excluding diaryl/α,β-unsaturated/α-hetero) is 2. The highest BCUT2D eigenvalue weighted by Crippen LogP contribution is 2.26. The van der Waals surface area contributed by atoms with Gasteiger partial charge in [-0.05, 0) is 40.2 Å². The topological polar surface area (TPSA) is 54.4 Å². The first-order valence-electron chi connectivity index (χ1n) is 5.18. The lowest BCUT2D eigenvalue weighted by molar-refractivity contribution is -0.116. The van der Waals surface area contributed by atoms with Crippen LogP contribution in [-0.2, 0) is 9.59 Å². The molecular weight excluding hydrogens is 204 g/mol. The SMILES string of the molecule is CC1=C(C)C(=O)C(C/C=C(\C)O)=C(C)C1=O. The van der Waals surface area contributed by atoms with Gasteiger partial charge < -0.3 is 5.11 Å². The second-order valence-corrected chi connectivity index (χ2v) is 4.06. The van der Waals surface area contributed by atoms with Gasteiger partial charge in [-0.15, -0.1) is 0 Å². The van der Waals surface area contributed by atoms with Crippen molar-refractivity contribution in [1.82, 2.24) is 0 Å². The molecule has 0 atom stereocenters. The normalized spacial score (nSPS) is 18.6. The third-order valence-corrected chi connectivity index (χ3v) is 2.91. The predicted octanol–water partition coefficient (Wildman–Crippen LogP) is 2.64. The van der Waals surface area contributed by atoms with Crippen molar-refractivity contribution in [3.63, 3.8) is 0 Å². The molecule has 0 unspecified atom stereocenters. The van der Waals surface area contributed by atoms with Crippen LogP contribution in [0.1, 0.15) is 34.1 Å². The molecule has 0 heterocycles. The number of aliphatic hydroxyl groups excluding tert-OH is 1. The maximum absolute atomic E-state index is 11.9. The Kier molecular flexibility index (Phi) is 3.48. The van der Waals surface area contributed by atoms with E-state index in [1.807, 2.05) is 0 Å². The molecule has 0 saturated carbocycles. The van der Waals surface area contributed by atoms with Crippen LogP contribution in [0, 0.1) is 0 Å². The molecule has 0 radical (unpaired) electrons. The van der Waals surface area contributed by atoms with E-state index in [0.29, 0.717) is 28.7 Å². The predicted molar refractivity (Wildman–Crippen MR) is 62.1 cm³/mol. The third-order valence-electron chi connectivity index (χ3n) is 2.91. The molecule has 1 aliphatic carbocycles. The number of hydrogen-bond acceptors (Lipinski definition) is 3. The van der Waals surface area contributed by atoms with Gasteiger partial charge in [0, 0.05) is 22.3 Å². The van der Waals surface area contributed by atoms with Crippen molar-refractivity contribution in [3.8, 4) is 0 Å². The molecule has 16 heavy (non-hydrogen) atoms. The summed E-state index contributed by atoms with van der Waals surface area (Å²) in [5.41, 5.74) is 2.01. The maximum Gasteiger partial charge on any atom is 0.185 e. The monoisotopic (exact) mass is 220 g/mol. The molecule has 1 rings (SSSR count). The lowest BCUT2D eigenvalue weighted by Gasteiger charge is -2.17. The second kappa shape index (κ2) is 4.47. The van der Waals surface area contributed by atoms with Gasteiger partial charge in [0.25, 0.3) is 0 Å². The summed E-state index contributed by atoms with van der Waals surface area (Å²) in [7, 11) is 0. The van der Waals surface area contributed by atoms with Gasteiger partial charge >= 0.3 is 0 Å². The van der Waals surface area contributed by atoms with Crippen molar-refractivity contribution in [1.29, 1.82) is 0 Å². The van der Waals surface area contributed by atoms with Crippen molar-refractivity contribution in [2.75, 3.05) is 0 Å². The Labute approximate surface area is 95.2 Å². The summed E-state index contributed by atoms with van der Waals surface area (Å²) in [6.45, 7) is 6.53. The Morgan fingerprint density at radius 1 is 1.06 bits per heavy atom. The Morgan fingerprint density at radius 3 is 2.06 bits per heavy atom. The molecule has 0 aromatic carbocycles. The van der Waals surface area contributed by atoms with E-state index in [4.69, 9.17) is 5.11 Å². The largest absolute Gasteiger partial charge is 0.513 e. The number of aliphatic hydroxyl groups is 1. The Morgan fingerprint density at radius 2 is 1.56 bits per heavy atom. The molecule has 0 spiro atoms. The van der Waals surface area contributed by atoms with E-state index in [2.05, 4.69) is 0 Å². The van der Waals surface area contributed by atoms with Gasteiger partial charge in [-0.25, -0.2) is 0 Å². The minimum Gasteiger partial charge on any atom is -0.513 e. The van der Waals surface area contributed by atoms with Crippen molar-refractivity contribution < 1.29 is 14.7 Å². The number of hydrogen-bond donors (Lipinski definition) is 1. The number of carbonyl (C=O) groups excluding carboxylic acids is 2. The van der Waals surface area contributed by atoms with E-state index in [1.54, 1.807) is 27.7 Å². The van der Waals surface area contributed by atoms with Gasteiger partial charge in [0.05, 0.1) is 5.76 Å². The summed E-state index contributed by atoms with van der Waals surface area (Å²) >= 11 is 0. The van der Waals surface area contributed by atoms with Gasteiger partial charge in [-0.1, -0.05) is 0 Å². The van der Waals surface area contributed by atoms with Gasteiger partial charge in [-0.2, -0.15) is 0 Å². The minimum atomic E-state index is -0.0906. The van der Waals surface area contributed by atoms with Gasteiger partial charge in [0.1, 0.15) is 0 Å². The van der Waals surface area contributed by atoms with Gasteiger partial charge in [0.15, 0.2) is 11.6 Å². The van der Waals surface area contributed by atoms with Crippen LogP contribution in [0.25, 0.3) is 0 Å². The Balaban J connectivity index is 3.14. The van der Waals surface area contributed by atoms with Crippen LogP contribution >= 0.6 is 0 Å². The van der Waals surface area contributed by atoms with E-state index < -0.39 is 0 Å². The Bertz CT molecular complexity index is 444. The second-order valence-electron chi connectivity index (χ2n) is 4.06. The maximum atomic E-state index is 11.9. The summed E-state index contributed by atoms with van der Waals surface area (Å²) in [6, 6.07) is 0. The fraction of sp³-hybridized carbons (Fsp3) is 0.385. The summed E-state index contributed by atoms with van der Waals surface area (Å²) in [5, 5.41) is 9.07. The smallest absolute Gasteiger partial charge is 0.185 e. The standard InChI is InChI=1S/C13H16O3/c1-7(14)5-6-11-10(4)12(15)8(2)9(3)13(11)16/h5,14H,6H2,1-4H3/b7-5+. The zero-order chi connectivity index (χ0) is 12.5. The highest BCUT2D eigenvalue weighted by Gasteiger charge is 2.26. The number of rotatable bonds is 2. The van der Waals surface area contributed by atoms with Crippen LogP contribution in [0.5, 0.6) is 0 Å². The molecular formula is C13H16O3. The van der Waals surface area contributed by atoms with Gasteiger partial charge in [0.2, 0.25) is 0 Å². The lowest BCUT2D eigenvalue weighted by Crippen LogP contribution is -2.20. The summed E-state index contributed by atoms with van der Waals surface area (Å²) in [6.07, 6.45) is 1.85. The fourth-order valence-corrected chi connectivity index (χ4v) is 1.65. The minimum absolute atomic E-state index is 0.0731. The molecule has 0 aliphatic heterocycles. The summed E-state index contributed by atoms with van der Waals surface area (Å²) < 4.78 is 0. The van der Waals surface area contributed by atoms with Crippen LogP contribution < -0.4 is 0 Å². The zero-order valence-electron chi connectivity index (χ0n) is 10.0. The summed E-state index contributed by atoms with van der Waals surface area (Å²) in [4.78, 5) is 23.7. The van der Waals surface area contributed by atoms with Crippen LogP contribution in [0.4, 0.5) is 0 Å². The van der Waals surface area contributed by atoms with Crippen molar-refractivity contribution >= 4 is 11.6 Å². The molecule has 0 bridgehead atoms. The highest BCUT2D eigenvalue weighted by molar-refractivity contribution is 6.24. The van der Waals surface area contributed by atoms with E-state index in [1.165, 1.54) is 6.08 Å². The molecule has 86 valence electrons. The van der Waals surface area contributed by atoms with Crippen molar-refractivity contribution in [3.05, 3.63) is 34.1 Å². The number of carbonyl (C=O) groups is 2. The van der Waals surface area contributed by atoms with Crippen LogP contribution in [0.2, 0.25) is 0 Å². The van der Waals surface area contributed by atoms with Gasteiger partial charge in [-0.3, -0.25) is 9.59 Å². The average Bonchev–Trinajstić information content (AvgIpc) is 2.23. The molecule has 0 aromatic rings. The molecule has 0 fully saturated rings. The molecule has 1 N–H and O–H groups in total. The Hall–Kier alpha value is -1.64.